The minimum atomic E-state index is 0.391. The average Bonchev–Trinajstić information content (AvgIpc) is 3.20. The first-order valence-electron chi connectivity index (χ1n) is 8.61. The fourth-order valence-corrected chi connectivity index (χ4v) is 3.89. The molecule has 0 aromatic carbocycles. The van der Waals surface area contributed by atoms with Crippen LogP contribution in [0.3, 0.4) is 0 Å². The molecule has 118 valence electrons. The lowest BCUT2D eigenvalue weighted by Gasteiger charge is -2.45. The number of nitrogens with one attached hydrogen (secondary N) is 1. The Morgan fingerprint density at radius 3 is 2.20 bits per heavy atom. The van der Waals surface area contributed by atoms with Gasteiger partial charge < -0.3 is 10.1 Å². The molecular formula is C18H35NO. The van der Waals surface area contributed by atoms with Crippen molar-refractivity contribution in [2.45, 2.75) is 84.8 Å². The van der Waals surface area contributed by atoms with E-state index in [-0.39, 0.29) is 0 Å². The van der Waals surface area contributed by atoms with E-state index in [1.165, 1.54) is 51.5 Å². The maximum Gasteiger partial charge on any atom is 0.0549 e. The van der Waals surface area contributed by atoms with Crippen LogP contribution in [0.25, 0.3) is 0 Å². The Labute approximate surface area is 126 Å². The molecule has 0 amide bonds. The standard InChI is InChI=1S/C18H35NO/c1-14(20-5)12-18(13-19-16-6-7-16)10-8-15(9-11-18)17(2,3)4/h14-16,19H,6-13H2,1-5H3. The maximum atomic E-state index is 5.57. The summed E-state index contributed by atoms with van der Waals surface area (Å²) >= 11 is 0. The fourth-order valence-electron chi connectivity index (χ4n) is 3.89. The van der Waals surface area contributed by atoms with Crippen LogP contribution >= 0.6 is 0 Å². The molecule has 0 aliphatic heterocycles. The van der Waals surface area contributed by atoms with Crippen molar-refractivity contribution in [1.82, 2.24) is 5.32 Å². The molecule has 0 radical (unpaired) electrons. The predicted octanol–water partition coefficient (Wildman–Crippen LogP) is 4.39. The van der Waals surface area contributed by atoms with Gasteiger partial charge >= 0.3 is 0 Å². The summed E-state index contributed by atoms with van der Waals surface area (Å²) in [7, 11) is 1.85. The number of hydrogen-bond acceptors (Lipinski definition) is 2. The van der Waals surface area contributed by atoms with Gasteiger partial charge in [-0.15, -0.1) is 0 Å². The SMILES string of the molecule is COC(C)CC1(CNC2CC2)CCC(C(C)(C)C)CC1. The quantitative estimate of drug-likeness (QED) is 0.780. The summed E-state index contributed by atoms with van der Waals surface area (Å²) in [5.74, 6) is 0.898. The zero-order valence-corrected chi connectivity index (χ0v) is 14.3. The van der Waals surface area contributed by atoms with E-state index in [2.05, 4.69) is 33.0 Å². The second-order valence-electron chi connectivity index (χ2n) is 8.55. The third-order valence-corrected chi connectivity index (χ3v) is 5.74. The van der Waals surface area contributed by atoms with Crippen molar-refractivity contribution in [3.63, 3.8) is 0 Å². The second kappa shape index (κ2) is 6.36. The van der Waals surface area contributed by atoms with E-state index >= 15 is 0 Å². The lowest BCUT2D eigenvalue weighted by Crippen LogP contribution is -2.42. The van der Waals surface area contributed by atoms with Crippen molar-refractivity contribution in [2.24, 2.45) is 16.7 Å². The van der Waals surface area contributed by atoms with Crippen LogP contribution in [0.2, 0.25) is 0 Å². The highest BCUT2D eigenvalue weighted by Crippen LogP contribution is 2.47. The highest BCUT2D eigenvalue weighted by molar-refractivity contribution is 4.93. The van der Waals surface area contributed by atoms with Gasteiger partial charge in [-0.1, -0.05) is 20.8 Å². The van der Waals surface area contributed by atoms with Gasteiger partial charge in [-0.3, -0.25) is 0 Å². The van der Waals surface area contributed by atoms with Gasteiger partial charge in [0, 0.05) is 19.7 Å². The van der Waals surface area contributed by atoms with Gasteiger partial charge in [-0.2, -0.15) is 0 Å². The number of hydrogen-bond donors (Lipinski definition) is 1. The van der Waals surface area contributed by atoms with Gasteiger partial charge in [0.2, 0.25) is 0 Å². The molecule has 1 unspecified atom stereocenters. The maximum absolute atomic E-state index is 5.57. The van der Waals surface area contributed by atoms with Crippen molar-refractivity contribution >= 4 is 0 Å². The van der Waals surface area contributed by atoms with Crippen LogP contribution < -0.4 is 5.32 Å². The fraction of sp³-hybridized carbons (Fsp3) is 1.00. The third-order valence-electron chi connectivity index (χ3n) is 5.74. The highest BCUT2D eigenvalue weighted by atomic mass is 16.5. The van der Waals surface area contributed by atoms with Crippen LogP contribution in [-0.2, 0) is 4.74 Å². The summed E-state index contributed by atoms with van der Waals surface area (Å²) in [5, 5.41) is 3.79. The Morgan fingerprint density at radius 1 is 1.15 bits per heavy atom. The van der Waals surface area contributed by atoms with Crippen molar-refractivity contribution < 1.29 is 4.74 Å². The zero-order chi connectivity index (χ0) is 14.8. The molecule has 2 rings (SSSR count). The molecule has 1 N–H and O–H groups in total. The molecule has 0 heterocycles. The Bertz CT molecular complexity index is 295. The number of methoxy groups -OCH3 is 1. The van der Waals surface area contributed by atoms with E-state index in [0.29, 0.717) is 16.9 Å². The normalized spacial score (nSPS) is 33.1. The van der Waals surface area contributed by atoms with Crippen molar-refractivity contribution in [1.29, 1.82) is 0 Å². The van der Waals surface area contributed by atoms with Gasteiger partial charge in [-0.25, -0.2) is 0 Å². The molecule has 2 nitrogen and oxygen atoms in total. The van der Waals surface area contributed by atoms with Gasteiger partial charge in [0.15, 0.2) is 0 Å². The Balaban J connectivity index is 1.93. The van der Waals surface area contributed by atoms with Gasteiger partial charge in [0.05, 0.1) is 6.10 Å². The number of ether oxygens (including phenoxy) is 1. The lowest BCUT2D eigenvalue weighted by atomic mass is 9.62. The summed E-state index contributed by atoms with van der Waals surface area (Å²) in [6.07, 6.45) is 9.94. The summed E-state index contributed by atoms with van der Waals surface area (Å²) < 4.78 is 5.57. The van der Waals surface area contributed by atoms with Crippen LogP contribution in [0, 0.1) is 16.7 Å². The first kappa shape index (κ1) is 16.3. The van der Waals surface area contributed by atoms with E-state index in [4.69, 9.17) is 4.74 Å². The molecule has 2 heteroatoms. The van der Waals surface area contributed by atoms with Crippen LogP contribution in [0.4, 0.5) is 0 Å². The summed E-state index contributed by atoms with van der Waals surface area (Å²) in [6, 6.07) is 0.824. The van der Waals surface area contributed by atoms with Crippen molar-refractivity contribution in [2.75, 3.05) is 13.7 Å². The smallest absolute Gasteiger partial charge is 0.0549 e. The monoisotopic (exact) mass is 281 g/mol. The van der Waals surface area contributed by atoms with E-state index in [0.717, 1.165) is 12.0 Å². The molecule has 0 aromatic rings. The van der Waals surface area contributed by atoms with Gasteiger partial charge in [0.1, 0.15) is 0 Å². The molecule has 0 saturated heterocycles. The van der Waals surface area contributed by atoms with Gasteiger partial charge in [0.25, 0.3) is 0 Å². The summed E-state index contributed by atoms with van der Waals surface area (Å²) in [5.41, 5.74) is 0.961. The van der Waals surface area contributed by atoms with E-state index in [1.54, 1.807) is 0 Å². The molecular weight excluding hydrogens is 246 g/mol. The lowest BCUT2D eigenvalue weighted by molar-refractivity contribution is 0.0212. The van der Waals surface area contributed by atoms with Crippen LogP contribution in [-0.4, -0.2) is 25.8 Å². The zero-order valence-electron chi connectivity index (χ0n) is 14.3. The molecule has 2 aliphatic carbocycles. The minimum absolute atomic E-state index is 0.391. The summed E-state index contributed by atoms with van der Waals surface area (Å²) in [6.45, 7) is 10.7. The molecule has 0 aromatic heterocycles. The second-order valence-corrected chi connectivity index (χ2v) is 8.55. The molecule has 2 saturated carbocycles. The van der Waals surface area contributed by atoms with Crippen LogP contribution in [0.1, 0.15) is 72.6 Å². The first-order valence-corrected chi connectivity index (χ1v) is 8.61. The minimum Gasteiger partial charge on any atom is -0.382 e. The molecule has 20 heavy (non-hydrogen) atoms. The molecule has 2 aliphatic rings. The predicted molar refractivity (Wildman–Crippen MR) is 86.0 cm³/mol. The Kier molecular flexibility index (Phi) is 5.18. The van der Waals surface area contributed by atoms with Crippen molar-refractivity contribution in [3.05, 3.63) is 0 Å². The average molecular weight is 281 g/mol. The molecule has 2 fully saturated rings. The largest absolute Gasteiger partial charge is 0.382 e. The van der Waals surface area contributed by atoms with E-state index in [9.17, 15) is 0 Å². The van der Waals surface area contributed by atoms with E-state index < -0.39 is 0 Å². The topological polar surface area (TPSA) is 21.3 Å². The molecule has 0 bridgehead atoms. The van der Waals surface area contributed by atoms with Crippen LogP contribution in [0.5, 0.6) is 0 Å². The number of rotatable bonds is 6. The Hall–Kier alpha value is -0.0800. The first-order chi connectivity index (χ1) is 9.35. The van der Waals surface area contributed by atoms with Crippen molar-refractivity contribution in [3.8, 4) is 0 Å². The van der Waals surface area contributed by atoms with Gasteiger partial charge in [-0.05, 0) is 68.6 Å². The molecule has 1 atom stereocenters. The third kappa shape index (κ3) is 4.46. The van der Waals surface area contributed by atoms with Crippen LogP contribution in [0.15, 0.2) is 0 Å². The molecule has 0 spiro atoms. The Morgan fingerprint density at radius 2 is 1.75 bits per heavy atom. The van der Waals surface area contributed by atoms with E-state index in [1.807, 2.05) is 7.11 Å². The highest BCUT2D eigenvalue weighted by Gasteiger charge is 2.40. The summed E-state index contributed by atoms with van der Waals surface area (Å²) in [4.78, 5) is 0.